The minimum absolute atomic E-state index is 0.219. The highest BCUT2D eigenvalue weighted by atomic mass is 15.2. The average molecular weight is 567 g/mol. The predicted molar refractivity (Wildman–Crippen MR) is 188 cm³/mol. The van der Waals surface area contributed by atoms with Crippen LogP contribution in [0.25, 0.3) is 33.2 Å². The Morgan fingerprint density at radius 2 is 1.09 bits per heavy atom. The molecule has 0 amide bonds. The SMILES string of the molecule is CN(c1ccc(N(c2ccc3ccccc3c2)c2ccc3ccccc3c2)cc1)C1(C)C=c2ccccc2=C2C=CC=CC21. The molecule has 2 aliphatic carbocycles. The van der Waals surface area contributed by atoms with Crippen LogP contribution in [0.4, 0.5) is 22.7 Å². The van der Waals surface area contributed by atoms with E-state index in [0.717, 1.165) is 17.1 Å². The van der Waals surface area contributed by atoms with E-state index in [2.05, 4.69) is 188 Å². The van der Waals surface area contributed by atoms with Gasteiger partial charge in [0.05, 0.1) is 5.54 Å². The van der Waals surface area contributed by atoms with Crippen molar-refractivity contribution in [1.82, 2.24) is 0 Å². The third-order valence-corrected chi connectivity index (χ3v) is 9.58. The summed E-state index contributed by atoms with van der Waals surface area (Å²) in [7, 11) is 2.23. The highest BCUT2D eigenvalue weighted by Crippen LogP contribution is 2.41. The van der Waals surface area contributed by atoms with Crippen molar-refractivity contribution in [2.75, 3.05) is 16.8 Å². The molecule has 0 fully saturated rings. The smallest absolute Gasteiger partial charge is 0.0665 e. The standard InChI is InChI=1S/C42H34N2/c1-42(29-34-15-7-8-16-39(34)40-17-9-10-18-41(40)42)43(2)35-23-25-36(26-24-35)44(37-21-19-30-11-3-5-13-32(30)27-37)38-22-20-31-12-4-6-14-33(31)28-38/h3-29,41H,1-2H3. The quantitative estimate of drug-likeness (QED) is 0.205. The molecule has 0 radical (unpaired) electrons. The fraction of sp³-hybridized carbons (Fsp3) is 0.0952. The van der Waals surface area contributed by atoms with Crippen LogP contribution in [-0.4, -0.2) is 12.6 Å². The second-order valence-electron chi connectivity index (χ2n) is 12.1. The molecule has 44 heavy (non-hydrogen) atoms. The monoisotopic (exact) mass is 566 g/mol. The van der Waals surface area contributed by atoms with Crippen LogP contribution in [0, 0.1) is 5.92 Å². The Bertz CT molecular complexity index is 2140. The van der Waals surface area contributed by atoms with Gasteiger partial charge in [0.1, 0.15) is 0 Å². The van der Waals surface area contributed by atoms with Crippen molar-refractivity contribution >= 4 is 55.9 Å². The topological polar surface area (TPSA) is 6.48 Å². The van der Waals surface area contributed by atoms with Gasteiger partial charge in [-0.2, -0.15) is 0 Å². The van der Waals surface area contributed by atoms with Crippen molar-refractivity contribution in [3.63, 3.8) is 0 Å². The maximum absolute atomic E-state index is 2.45. The van der Waals surface area contributed by atoms with Crippen molar-refractivity contribution in [3.05, 3.63) is 168 Å². The molecule has 2 atom stereocenters. The summed E-state index contributed by atoms with van der Waals surface area (Å²) in [5.41, 5.74) is 5.76. The summed E-state index contributed by atoms with van der Waals surface area (Å²) in [6.45, 7) is 2.36. The van der Waals surface area contributed by atoms with Gasteiger partial charge in [0.25, 0.3) is 0 Å². The zero-order chi connectivity index (χ0) is 29.7. The molecule has 8 rings (SSSR count). The largest absolute Gasteiger partial charge is 0.365 e. The molecular weight excluding hydrogens is 532 g/mol. The lowest BCUT2D eigenvalue weighted by molar-refractivity contribution is 0.502. The second-order valence-corrected chi connectivity index (χ2v) is 12.1. The van der Waals surface area contributed by atoms with E-state index in [1.165, 1.54) is 43.2 Å². The minimum Gasteiger partial charge on any atom is -0.365 e. The number of fused-ring (bicyclic) bond motifs is 4. The van der Waals surface area contributed by atoms with E-state index in [0.29, 0.717) is 0 Å². The molecule has 212 valence electrons. The van der Waals surface area contributed by atoms with Crippen LogP contribution in [0.5, 0.6) is 0 Å². The lowest BCUT2D eigenvalue weighted by atomic mass is 9.72. The lowest BCUT2D eigenvalue weighted by Gasteiger charge is -2.46. The average Bonchev–Trinajstić information content (AvgIpc) is 3.08. The third kappa shape index (κ3) is 4.34. The zero-order valence-corrected chi connectivity index (χ0v) is 25.1. The Hall–Kier alpha value is -5.34. The number of anilines is 4. The summed E-state index contributed by atoms with van der Waals surface area (Å²) in [4.78, 5) is 4.81. The number of benzene rings is 6. The van der Waals surface area contributed by atoms with E-state index in [-0.39, 0.29) is 11.5 Å². The summed E-state index contributed by atoms with van der Waals surface area (Å²) < 4.78 is 0. The van der Waals surface area contributed by atoms with Gasteiger partial charge in [0.15, 0.2) is 0 Å². The maximum atomic E-state index is 2.45. The Kier molecular flexibility index (Phi) is 6.23. The summed E-state index contributed by atoms with van der Waals surface area (Å²) in [5.74, 6) is 0.263. The molecule has 0 saturated heterocycles. The Labute approximate surface area is 258 Å². The van der Waals surface area contributed by atoms with Crippen molar-refractivity contribution in [2.45, 2.75) is 12.5 Å². The van der Waals surface area contributed by atoms with Gasteiger partial charge in [-0.25, -0.2) is 0 Å². The van der Waals surface area contributed by atoms with Crippen LogP contribution in [0.3, 0.4) is 0 Å². The van der Waals surface area contributed by atoms with E-state index in [4.69, 9.17) is 0 Å². The van der Waals surface area contributed by atoms with Crippen LogP contribution in [0.1, 0.15) is 6.92 Å². The molecule has 0 spiro atoms. The van der Waals surface area contributed by atoms with Gasteiger partial charge >= 0.3 is 0 Å². The first-order chi connectivity index (χ1) is 21.6. The maximum Gasteiger partial charge on any atom is 0.0665 e. The first-order valence-corrected chi connectivity index (χ1v) is 15.4. The van der Waals surface area contributed by atoms with Crippen molar-refractivity contribution in [2.24, 2.45) is 5.92 Å². The van der Waals surface area contributed by atoms with Gasteiger partial charge in [-0.05, 0) is 93.0 Å². The summed E-state index contributed by atoms with van der Waals surface area (Å²) in [5, 5.41) is 7.58. The molecule has 0 N–H and O–H groups in total. The van der Waals surface area contributed by atoms with E-state index < -0.39 is 0 Å². The molecule has 2 heteroatoms. The van der Waals surface area contributed by atoms with Gasteiger partial charge in [-0.3, -0.25) is 0 Å². The molecule has 0 aliphatic heterocycles. The van der Waals surface area contributed by atoms with Crippen LogP contribution >= 0.6 is 0 Å². The highest BCUT2D eigenvalue weighted by Gasteiger charge is 2.39. The van der Waals surface area contributed by atoms with Gasteiger partial charge in [-0.1, -0.05) is 115 Å². The van der Waals surface area contributed by atoms with E-state index in [1.54, 1.807) is 0 Å². The number of hydrogen-bond acceptors (Lipinski definition) is 2. The Morgan fingerprint density at radius 1 is 0.545 bits per heavy atom. The molecule has 0 aromatic heterocycles. The molecular formula is C42H34N2. The predicted octanol–water partition coefficient (Wildman–Crippen LogP) is 9.04. The zero-order valence-electron chi connectivity index (χ0n) is 25.1. The van der Waals surface area contributed by atoms with Crippen LogP contribution in [0.2, 0.25) is 0 Å². The van der Waals surface area contributed by atoms with Gasteiger partial charge < -0.3 is 9.80 Å². The van der Waals surface area contributed by atoms with Crippen molar-refractivity contribution in [1.29, 1.82) is 0 Å². The minimum atomic E-state index is -0.219. The van der Waals surface area contributed by atoms with Crippen LogP contribution in [0.15, 0.2) is 158 Å². The molecule has 0 saturated carbocycles. The van der Waals surface area contributed by atoms with Gasteiger partial charge in [-0.15, -0.1) is 0 Å². The van der Waals surface area contributed by atoms with Crippen molar-refractivity contribution < 1.29 is 0 Å². The number of rotatable bonds is 5. The lowest BCUT2D eigenvalue weighted by Crippen LogP contribution is -2.54. The molecule has 2 aliphatic rings. The van der Waals surface area contributed by atoms with E-state index >= 15 is 0 Å². The molecule has 0 bridgehead atoms. The first kappa shape index (κ1) is 26.3. The number of nitrogens with zero attached hydrogens (tertiary/aromatic N) is 2. The normalized spacial score (nSPS) is 18.5. The Balaban J connectivity index is 1.21. The van der Waals surface area contributed by atoms with Crippen LogP contribution < -0.4 is 20.2 Å². The molecule has 0 heterocycles. The first-order valence-electron chi connectivity index (χ1n) is 15.4. The molecule has 2 unspecified atom stereocenters. The summed E-state index contributed by atoms with van der Waals surface area (Å²) in [6.07, 6.45) is 11.4. The molecule has 6 aromatic rings. The fourth-order valence-electron chi connectivity index (χ4n) is 7.09. The molecule has 6 aromatic carbocycles. The van der Waals surface area contributed by atoms with E-state index in [1.807, 2.05) is 0 Å². The molecule has 2 nitrogen and oxygen atoms in total. The summed E-state index contributed by atoms with van der Waals surface area (Å²) in [6, 6.07) is 48.5. The van der Waals surface area contributed by atoms with Crippen molar-refractivity contribution in [3.8, 4) is 0 Å². The number of hydrogen-bond donors (Lipinski definition) is 0. The van der Waals surface area contributed by atoms with Crippen LogP contribution in [-0.2, 0) is 0 Å². The van der Waals surface area contributed by atoms with Gasteiger partial charge in [0, 0.05) is 35.7 Å². The van der Waals surface area contributed by atoms with E-state index in [9.17, 15) is 0 Å². The fourth-order valence-corrected chi connectivity index (χ4v) is 7.09. The van der Waals surface area contributed by atoms with Gasteiger partial charge in [0.2, 0.25) is 0 Å². The third-order valence-electron chi connectivity index (χ3n) is 9.58. The summed E-state index contributed by atoms with van der Waals surface area (Å²) >= 11 is 0. The number of allylic oxidation sites excluding steroid dienone is 3. The second kappa shape index (κ2) is 10.4. The Morgan fingerprint density at radius 3 is 1.75 bits per heavy atom. The highest BCUT2D eigenvalue weighted by molar-refractivity contribution is 5.92.